The summed E-state index contributed by atoms with van der Waals surface area (Å²) >= 11 is 1.83. The Morgan fingerprint density at radius 2 is 2.38 bits per heavy atom. The molecule has 0 saturated heterocycles. The number of carbonyl (C=O) groups excluding carboxylic acids is 1. The number of fused-ring (bicyclic) bond motifs is 1. The second-order valence-corrected chi connectivity index (χ2v) is 5.12. The van der Waals surface area contributed by atoms with Gasteiger partial charge < -0.3 is 0 Å². The highest BCUT2D eigenvalue weighted by atomic mass is 32.2. The maximum Gasteiger partial charge on any atom is 0.192 e. The van der Waals surface area contributed by atoms with Crippen molar-refractivity contribution in [3.63, 3.8) is 0 Å². The van der Waals surface area contributed by atoms with Gasteiger partial charge in [-0.05, 0) is 13.8 Å². The first-order chi connectivity index (χ1) is 6.13. The number of thioether (sulfide) groups is 1. The van der Waals surface area contributed by atoms with Crippen molar-refractivity contribution < 1.29 is 4.79 Å². The average Bonchev–Trinajstić information content (AvgIpc) is 2.42. The van der Waals surface area contributed by atoms with E-state index < -0.39 is 0 Å². The molecular weight excluding hydrogens is 184 g/mol. The Labute approximate surface area is 81.0 Å². The minimum absolute atomic E-state index is 0.0238. The molecule has 0 atom stereocenters. The van der Waals surface area contributed by atoms with Gasteiger partial charge in [0, 0.05) is 17.5 Å². The third kappa shape index (κ3) is 1.35. The predicted octanol–water partition coefficient (Wildman–Crippen LogP) is 1.77. The summed E-state index contributed by atoms with van der Waals surface area (Å²) in [4.78, 5) is 18.7. The Morgan fingerprint density at radius 1 is 1.62 bits per heavy atom. The van der Waals surface area contributed by atoms with Gasteiger partial charge >= 0.3 is 0 Å². The van der Waals surface area contributed by atoms with Gasteiger partial charge in [0.1, 0.15) is 0 Å². The van der Waals surface area contributed by atoms with E-state index >= 15 is 0 Å². The first kappa shape index (κ1) is 8.69. The second-order valence-electron chi connectivity index (χ2n) is 3.52. The molecule has 68 valence electrons. The van der Waals surface area contributed by atoms with E-state index in [1.807, 2.05) is 11.8 Å². The zero-order valence-corrected chi connectivity index (χ0v) is 8.39. The number of hydrogen-bond acceptors (Lipinski definition) is 4. The normalized spacial score (nSPS) is 18.3. The van der Waals surface area contributed by atoms with Crippen LogP contribution in [-0.2, 0) is 10.5 Å². The molecule has 0 amide bonds. The van der Waals surface area contributed by atoms with Crippen LogP contribution >= 0.6 is 11.8 Å². The van der Waals surface area contributed by atoms with Gasteiger partial charge in [-0.2, -0.15) is 0 Å². The van der Waals surface area contributed by atoms with E-state index in [2.05, 4.69) is 23.8 Å². The molecule has 13 heavy (non-hydrogen) atoms. The molecule has 0 fully saturated rings. The van der Waals surface area contributed by atoms with Crippen molar-refractivity contribution in [2.75, 3.05) is 0 Å². The SMILES string of the molecule is CC1(C)SCc2cnc(C=O)nc21. The van der Waals surface area contributed by atoms with Gasteiger partial charge in [-0.3, -0.25) is 4.79 Å². The molecule has 0 spiro atoms. The number of hydrogen-bond donors (Lipinski definition) is 0. The van der Waals surface area contributed by atoms with Crippen LogP contribution < -0.4 is 0 Å². The summed E-state index contributed by atoms with van der Waals surface area (Å²) in [6.07, 6.45) is 2.45. The van der Waals surface area contributed by atoms with E-state index in [4.69, 9.17) is 0 Å². The van der Waals surface area contributed by atoms with Crippen LogP contribution in [0, 0.1) is 0 Å². The minimum atomic E-state index is 0.0238. The Kier molecular flexibility index (Phi) is 1.87. The summed E-state index contributed by atoms with van der Waals surface area (Å²) in [7, 11) is 0. The quantitative estimate of drug-likeness (QED) is 0.639. The van der Waals surface area contributed by atoms with Crippen molar-refractivity contribution in [3.8, 4) is 0 Å². The first-order valence-corrected chi connectivity index (χ1v) is 5.07. The van der Waals surface area contributed by atoms with Crippen molar-refractivity contribution in [2.24, 2.45) is 0 Å². The molecule has 1 aliphatic heterocycles. The van der Waals surface area contributed by atoms with Crippen LogP contribution in [0.25, 0.3) is 0 Å². The molecule has 0 unspecified atom stereocenters. The van der Waals surface area contributed by atoms with Crippen molar-refractivity contribution >= 4 is 18.0 Å². The fraction of sp³-hybridized carbons (Fsp3) is 0.444. The zero-order valence-electron chi connectivity index (χ0n) is 7.57. The molecule has 2 rings (SSSR count). The van der Waals surface area contributed by atoms with Crippen molar-refractivity contribution in [2.45, 2.75) is 24.3 Å². The second kappa shape index (κ2) is 2.80. The highest BCUT2D eigenvalue weighted by Crippen LogP contribution is 2.44. The number of carbonyl (C=O) groups is 1. The summed E-state index contributed by atoms with van der Waals surface area (Å²) in [6, 6.07) is 0. The summed E-state index contributed by atoms with van der Waals surface area (Å²) in [5.41, 5.74) is 2.16. The third-order valence-electron chi connectivity index (χ3n) is 2.15. The molecule has 0 aromatic carbocycles. The van der Waals surface area contributed by atoms with Gasteiger partial charge in [-0.25, -0.2) is 9.97 Å². The van der Waals surface area contributed by atoms with Gasteiger partial charge in [0.05, 0.1) is 10.4 Å². The number of aromatic nitrogens is 2. The first-order valence-electron chi connectivity index (χ1n) is 4.09. The summed E-state index contributed by atoms with van der Waals surface area (Å²) in [5.74, 6) is 1.23. The molecule has 0 N–H and O–H groups in total. The highest BCUT2D eigenvalue weighted by molar-refractivity contribution is 7.99. The fourth-order valence-electron chi connectivity index (χ4n) is 1.43. The highest BCUT2D eigenvalue weighted by Gasteiger charge is 2.32. The van der Waals surface area contributed by atoms with Crippen LogP contribution in [0.1, 0.15) is 35.7 Å². The average molecular weight is 194 g/mol. The maximum absolute atomic E-state index is 10.5. The fourth-order valence-corrected chi connectivity index (χ4v) is 2.47. The standard InChI is InChI=1S/C9H10N2OS/c1-9(2)8-6(5-13-9)3-10-7(4-12)11-8/h3-4H,5H2,1-2H3. The van der Waals surface area contributed by atoms with E-state index in [-0.39, 0.29) is 10.6 Å². The molecule has 2 heterocycles. The molecule has 1 aromatic rings. The van der Waals surface area contributed by atoms with E-state index in [0.29, 0.717) is 6.29 Å². The Balaban J connectivity index is 2.55. The lowest BCUT2D eigenvalue weighted by molar-refractivity contribution is 0.111. The molecule has 0 saturated carbocycles. The summed E-state index contributed by atoms with van der Waals surface area (Å²) < 4.78 is 0.0238. The maximum atomic E-state index is 10.5. The Bertz CT molecular complexity index is 363. The van der Waals surface area contributed by atoms with Gasteiger partial charge in [0.15, 0.2) is 12.1 Å². The Hall–Kier alpha value is -0.900. The third-order valence-corrected chi connectivity index (χ3v) is 3.52. The van der Waals surface area contributed by atoms with Gasteiger partial charge in [-0.15, -0.1) is 11.8 Å². The molecular formula is C9H10N2OS. The monoisotopic (exact) mass is 194 g/mol. The largest absolute Gasteiger partial charge is 0.294 e. The van der Waals surface area contributed by atoms with Crippen LogP contribution in [0.5, 0.6) is 0 Å². The van der Waals surface area contributed by atoms with E-state index in [9.17, 15) is 4.79 Å². The molecule has 0 radical (unpaired) electrons. The van der Waals surface area contributed by atoms with E-state index in [1.165, 1.54) is 0 Å². The molecule has 1 aliphatic rings. The molecule has 0 bridgehead atoms. The number of rotatable bonds is 1. The lowest BCUT2D eigenvalue weighted by Gasteiger charge is -2.15. The topological polar surface area (TPSA) is 42.9 Å². The number of nitrogens with zero attached hydrogens (tertiary/aromatic N) is 2. The minimum Gasteiger partial charge on any atom is -0.294 e. The van der Waals surface area contributed by atoms with Crippen molar-refractivity contribution in [3.05, 3.63) is 23.3 Å². The zero-order chi connectivity index (χ0) is 9.47. The van der Waals surface area contributed by atoms with Crippen LogP contribution in [-0.4, -0.2) is 16.3 Å². The lowest BCUT2D eigenvalue weighted by atomic mass is 10.1. The predicted molar refractivity (Wildman–Crippen MR) is 51.7 cm³/mol. The van der Waals surface area contributed by atoms with E-state index in [1.54, 1.807) is 6.20 Å². The summed E-state index contributed by atoms with van der Waals surface area (Å²) in [6.45, 7) is 4.23. The van der Waals surface area contributed by atoms with Crippen LogP contribution in [0.4, 0.5) is 0 Å². The molecule has 1 aromatic heterocycles. The lowest BCUT2D eigenvalue weighted by Crippen LogP contribution is -2.12. The van der Waals surface area contributed by atoms with Crippen LogP contribution in [0.3, 0.4) is 0 Å². The van der Waals surface area contributed by atoms with E-state index in [0.717, 1.165) is 17.0 Å². The van der Waals surface area contributed by atoms with Gasteiger partial charge in [0.25, 0.3) is 0 Å². The van der Waals surface area contributed by atoms with Crippen LogP contribution in [0.2, 0.25) is 0 Å². The smallest absolute Gasteiger partial charge is 0.192 e. The number of aldehydes is 1. The van der Waals surface area contributed by atoms with Gasteiger partial charge in [0.2, 0.25) is 0 Å². The van der Waals surface area contributed by atoms with Crippen molar-refractivity contribution in [1.82, 2.24) is 9.97 Å². The van der Waals surface area contributed by atoms with Crippen LogP contribution in [0.15, 0.2) is 6.20 Å². The molecule has 3 nitrogen and oxygen atoms in total. The molecule has 0 aliphatic carbocycles. The van der Waals surface area contributed by atoms with Crippen molar-refractivity contribution in [1.29, 1.82) is 0 Å². The Morgan fingerprint density at radius 3 is 3.08 bits per heavy atom. The molecule has 4 heteroatoms. The van der Waals surface area contributed by atoms with Gasteiger partial charge in [-0.1, -0.05) is 0 Å². The summed E-state index contributed by atoms with van der Waals surface area (Å²) in [5, 5.41) is 0.